The van der Waals surface area contributed by atoms with Crippen molar-refractivity contribution < 1.29 is 14.2 Å². The van der Waals surface area contributed by atoms with Crippen LogP contribution >= 0.6 is 24.0 Å². The van der Waals surface area contributed by atoms with Gasteiger partial charge in [-0.15, -0.1) is 24.0 Å². The average molecular weight is 411 g/mol. The Morgan fingerprint density at radius 1 is 1.38 bits per heavy atom. The van der Waals surface area contributed by atoms with Crippen LogP contribution in [0.5, 0.6) is 0 Å². The van der Waals surface area contributed by atoms with Crippen LogP contribution in [0.15, 0.2) is 29.3 Å². The van der Waals surface area contributed by atoms with Crippen LogP contribution in [0.2, 0.25) is 0 Å². The summed E-state index contributed by atoms with van der Waals surface area (Å²) in [5, 5.41) is 16.1. The molecule has 0 saturated carbocycles. The molecular formula is C14H23FIN3O2. The van der Waals surface area contributed by atoms with Crippen molar-refractivity contribution in [3.8, 4) is 0 Å². The number of rotatable bonds is 7. The zero-order valence-electron chi connectivity index (χ0n) is 12.3. The van der Waals surface area contributed by atoms with Crippen LogP contribution in [0.3, 0.4) is 0 Å². The van der Waals surface area contributed by atoms with Crippen LogP contribution in [-0.4, -0.2) is 44.4 Å². The Morgan fingerprint density at radius 2 is 2.10 bits per heavy atom. The number of aliphatic hydroxyl groups excluding tert-OH is 1. The third-order valence-corrected chi connectivity index (χ3v) is 2.63. The summed E-state index contributed by atoms with van der Waals surface area (Å²) in [7, 11) is 1.62. The summed E-state index contributed by atoms with van der Waals surface area (Å²) in [6.07, 6.45) is -0.964. The van der Waals surface area contributed by atoms with Crippen LogP contribution in [0.25, 0.3) is 0 Å². The van der Waals surface area contributed by atoms with Gasteiger partial charge in [-0.3, -0.25) is 4.99 Å². The number of benzene rings is 1. The monoisotopic (exact) mass is 411 g/mol. The molecule has 0 fully saturated rings. The number of halogens is 2. The van der Waals surface area contributed by atoms with E-state index in [1.54, 1.807) is 25.3 Å². The van der Waals surface area contributed by atoms with E-state index in [0.29, 0.717) is 25.7 Å². The topological polar surface area (TPSA) is 65.9 Å². The van der Waals surface area contributed by atoms with Gasteiger partial charge in [-0.25, -0.2) is 4.39 Å². The maximum Gasteiger partial charge on any atom is 0.191 e. The molecule has 7 heteroatoms. The Balaban J connectivity index is 0.00000400. The Labute approximate surface area is 142 Å². The predicted octanol–water partition coefficient (Wildman–Crippen LogP) is 1.68. The largest absolute Gasteiger partial charge is 0.386 e. The van der Waals surface area contributed by atoms with E-state index >= 15 is 0 Å². The number of guanidine groups is 1. The molecule has 1 aromatic rings. The van der Waals surface area contributed by atoms with Crippen molar-refractivity contribution in [2.24, 2.45) is 4.99 Å². The number of ether oxygens (including phenoxy) is 1. The molecule has 1 aromatic carbocycles. The highest BCUT2D eigenvalue weighted by Gasteiger charge is 2.11. The standard InChI is InChI=1S/C14H22FN3O2.HI/c1-3-16-14(17-8-9-20-2)18-10-13(19)11-6-4-5-7-12(11)15;/h4-7,13,19H,3,8-10H2,1-2H3,(H2,16,17,18);1H. The van der Waals surface area contributed by atoms with E-state index in [0.717, 1.165) is 0 Å². The number of aliphatic hydroxyl groups is 1. The zero-order valence-corrected chi connectivity index (χ0v) is 14.6. The van der Waals surface area contributed by atoms with Crippen molar-refractivity contribution in [1.29, 1.82) is 0 Å². The van der Waals surface area contributed by atoms with Crippen LogP contribution in [0.4, 0.5) is 4.39 Å². The predicted molar refractivity (Wildman–Crippen MR) is 92.6 cm³/mol. The average Bonchev–Trinajstić information content (AvgIpc) is 2.45. The number of nitrogens with zero attached hydrogens (tertiary/aromatic N) is 1. The minimum absolute atomic E-state index is 0. The number of aliphatic imine (C=N–C) groups is 1. The lowest BCUT2D eigenvalue weighted by atomic mass is 10.1. The Bertz CT molecular complexity index is 432. The molecule has 21 heavy (non-hydrogen) atoms. The smallest absolute Gasteiger partial charge is 0.191 e. The third kappa shape index (κ3) is 7.58. The molecule has 0 saturated heterocycles. The van der Waals surface area contributed by atoms with E-state index in [4.69, 9.17) is 4.74 Å². The van der Waals surface area contributed by atoms with Crippen molar-refractivity contribution in [1.82, 2.24) is 10.6 Å². The number of nitrogens with one attached hydrogen (secondary N) is 2. The van der Waals surface area contributed by atoms with Gasteiger partial charge >= 0.3 is 0 Å². The minimum Gasteiger partial charge on any atom is -0.386 e. The van der Waals surface area contributed by atoms with Gasteiger partial charge in [0.1, 0.15) is 11.9 Å². The van der Waals surface area contributed by atoms with Gasteiger partial charge < -0.3 is 20.5 Å². The Morgan fingerprint density at radius 3 is 2.71 bits per heavy atom. The molecule has 1 atom stereocenters. The second-order valence-corrected chi connectivity index (χ2v) is 4.18. The molecule has 1 unspecified atom stereocenters. The summed E-state index contributed by atoms with van der Waals surface area (Å²) in [5.41, 5.74) is 0.254. The van der Waals surface area contributed by atoms with Crippen molar-refractivity contribution in [2.75, 3.05) is 33.4 Å². The lowest BCUT2D eigenvalue weighted by molar-refractivity contribution is 0.182. The molecule has 0 heterocycles. The molecule has 0 amide bonds. The molecule has 5 nitrogen and oxygen atoms in total. The molecule has 1 rings (SSSR count). The highest BCUT2D eigenvalue weighted by molar-refractivity contribution is 14.0. The van der Waals surface area contributed by atoms with E-state index in [1.807, 2.05) is 6.92 Å². The summed E-state index contributed by atoms with van der Waals surface area (Å²) in [4.78, 5) is 4.22. The van der Waals surface area contributed by atoms with Gasteiger partial charge in [-0.1, -0.05) is 18.2 Å². The van der Waals surface area contributed by atoms with Crippen molar-refractivity contribution >= 4 is 29.9 Å². The molecule has 0 bridgehead atoms. The maximum atomic E-state index is 13.5. The molecule has 3 N–H and O–H groups in total. The van der Waals surface area contributed by atoms with Gasteiger partial charge in [0.15, 0.2) is 5.96 Å². The lowest BCUT2D eigenvalue weighted by Gasteiger charge is -2.13. The van der Waals surface area contributed by atoms with Crippen LogP contribution in [0, 0.1) is 5.82 Å². The molecule has 0 radical (unpaired) electrons. The first-order valence-electron chi connectivity index (χ1n) is 6.62. The highest BCUT2D eigenvalue weighted by atomic mass is 127. The van der Waals surface area contributed by atoms with E-state index < -0.39 is 11.9 Å². The minimum atomic E-state index is -0.964. The maximum absolute atomic E-state index is 13.5. The normalized spacial score (nSPS) is 12.5. The van der Waals surface area contributed by atoms with Gasteiger partial charge in [0, 0.05) is 25.8 Å². The van der Waals surface area contributed by atoms with Gasteiger partial charge in [0.2, 0.25) is 0 Å². The number of methoxy groups -OCH3 is 1. The first-order valence-corrected chi connectivity index (χ1v) is 6.62. The van der Waals surface area contributed by atoms with Crippen LogP contribution in [-0.2, 0) is 4.74 Å². The fourth-order valence-electron chi connectivity index (χ4n) is 1.63. The molecule has 0 aliphatic carbocycles. The fraction of sp³-hybridized carbons (Fsp3) is 0.500. The summed E-state index contributed by atoms with van der Waals surface area (Å²) in [6, 6.07) is 6.16. The summed E-state index contributed by atoms with van der Waals surface area (Å²) < 4.78 is 18.4. The quantitative estimate of drug-likeness (QED) is 0.277. The fourth-order valence-corrected chi connectivity index (χ4v) is 1.63. The number of hydrogen-bond acceptors (Lipinski definition) is 3. The van der Waals surface area contributed by atoms with Gasteiger partial charge in [-0.05, 0) is 13.0 Å². The van der Waals surface area contributed by atoms with E-state index in [-0.39, 0.29) is 36.1 Å². The second-order valence-electron chi connectivity index (χ2n) is 4.18. The molecule has 0 aliphatic rings. The van der Waals surface area contributed by atoms with E-state index in [1.165, 1.54) is 6.07 Å². The first-order chi connectivity index (χ1) is 9.69. The highest BCUT2D eigenvalue weighted by Crippen LogP contribution is 2.16. The molecule has 0 aromatic heterocycles. The van der Waals surface area contributed by atoms with Crippen LogP contribution in [0.1, 0.15) is 18.6 Å². The summed E-state index contributed by atoms with van der Waals surface area (Å²) in [6.45, 7) is 3.90. The summed E-state index contributed by atoms with van der Waals surface area (Å²) in [5.74, 6) is 0.146. The molecule has 0 aliphatic heterocycles. The summed E-state index contributed by atoms with van der Waals surface area (Å²) >= 11 is 0. The van der Waals surface area contributed by atoms with E-state index in [9.17, 15) is 9.50 Å². The van der Waals surface area contributed by atoms with Gasteiger partial charge in [0.05, 0.1) is 13.2 Å². The van der Waals surface area contributed by atoms with Crippen molar-refractivity contribution in [3.63, 3.8) is 0 Å². The van der Waals surface area contributed by atoms with Gasteiger partial charge in [0.25, 0.3) is 0 Å². The van der Waals surface area contributed by atoms with Crippen molar-refractivity contribution in [3.05, 3.63) is 35.6 Å². The Kier molecular flexibility index (Phi) is 11.2. The van der Waals surface area contributed by atoms with Crippen molar-refractivity contribution in [2.45, 2.75) is 13.0 Å². The zero-order chi connectivity index (χ0) is 14.8. The molecule has 0 spiro atoms. The SMILES string of the molecule is CCNC(=NCC(O)c1ccccc1F)NCCOC.I. The van der Waals surface area contributed by atoms with Gasteiger partial charge in [-0.2, -0.15) is 0 Å². The number of hydrogen-bond donors (Lipinski definition) is 3. The lowest BCUT2D eigenvalue weighted by Crippen LogP contribution is -2.39. The van der Waals surface area contributed by atoms with Crippen LogP contribution < -0.4 is 10.6 Å². The second kappa shape index (κ2) is 11.7. The third-order valence-electron chi connectivity index (χ3n) is 2.63. The first kappa shape index (κ1) is 20.1. The van der Waals surface area contributed by atoms with E-state index in [2.05, 4.69) is 15.6 Å². The molecular weight excluding hydrogens is 388 g/mol. The Hall–Kier alpha value is -0.930. The molecule has 120 valence electrons.